The van der Waals surface area contributed by atoms with Crippen molar-refractivity contribution in [2.75, 3.05) is 6.61 Å². The van der Waals surface area contributed by atoms with Crippen molar-refractivity contribution in [1.29, 1.82) is 0 Å². The van der Waals surface area contributed by atoms with E-state index in [-0.39, 0.29) is 6.61 Å². The summed E-state index contributed by atoms with van der Waals surface area (Å²) >= 11 is 0. The molecule has 0 aromatic carbocycles. The molecule has 2 atom stereocenters. The average Bonchev–Trinajstić information content (AvgIpc) is 2.28. The first-order chi connectivity index (χ1) is 8.11. The van der Waals surface area contributed by atoms with E-state index < -0.39 is 17.8 Å². The van der Waals surface area contributed by atoms with E-state index in [2.05, 4.69) is 18.2 Å². The van der Waals surface area contributed by atoms with E-state index in [1.165, 1.54) is 12.4 Å². The van der Waals surface area contributed by atoms with E-state index in [9.17, 15) is 4.39 Å². The third kappa shape index (κ3) is 8.16. The fraction of sp³-hybridized carbons (Fsp3) is 0.308. The third-order valence-corrected chi connectivity index (χ3v) is 1.66. The molecular formula is C13H18FNO2. The Morgan fingerprint density at radius 2 is 2.24 bits per heavy atom. The first-order valence-electron chi connectivity index (χ1n) is 5.20. The van der Waals surface area contributed by atoms with Crippen molar-refractivity contribution in [2.24, 2.45) is 10.9 Å². The topological polar surface area (TPSA) is 41.8 Å². The van der Waals surface area contributed by atoms with Gasteiger partial charge in [-0.1, -0.05) is 31.4 Å². The van der Waals surface area contributed by atoms with Gasteiger partial charge in [0.2, 0.25) is 0 Å². The Morgan fingerprint density at radius 1 is 1.53 bits per heavy atom. The van der Waals surface area contributed by atoms with E-state index in [0.717, 1.165) is 6.26 Å². The van der Waals surface area contributed by atoms with Gasteiger partial charge >= 0.3 is 0 Å². The molecule has 0 aromatic heterocycles. The van der Waals surface area contributed by atoms with Crippen molar-refractivity contribution in [3.05, 3.63) is 49.7 Å². The van der Waals surface area contributed by atoms with Crippen LogP contribution < -0.4 is 0 Å². The van der Waals surface area contributed by atoms with Gasteiger partial charge in [0.1, 0.15) is 18.7 Å². The first kappa shape index (κ1) is 15.3. The summed E-state index contributed by atoms with van der Waals surface area (Å²) in [4.78, 5) is 3.76. The Morgan fingerprint density at radius 3 is 2.76 bits per heavy atom. The Bertz CT molecular complexity index is 301. The Balaban J connectivity index is 4.54. The summed E-state index contributed by atoms with van der Waals surface area (Å²) in [5, 5.41) is 8.94. The van der Waals surface area contributed by atoms with Crippen molar-refractivity contribution in [3.8, 4) is 0 Å². The predicted molar refractivity (Wildman–Crippen MR) is 68.3 cm³/mol. The van der Waals surface area contributed by atoms with Crippen molar-refractivity contribution < 1.29 is 14.2 Å². The zero-order valence-electron chi connectivity index (χ0n) is 9.92. The normalized spacial score (nSPS) is 16.1. The quantitative estimate of drug-likeness (QED) is 0.402. The van der Waals surface area contributed by atoms with Crippen LogP contribution >= 0.6 is 0 Å². The molecule has 0 heterocycles. The molecule has 0 saturated carbocycles. The minimum atomic E-state index is -0.636. The molecule has 3 nitrogen and oxygen atoms in total. The third-order valence-electron chi connectivity index (χ3n) is 1.66. The molecule has 0 aliphatic carbocycles. The van der Waals surface area contributed by atoms with Crippen LogP contribution in [0.5, 0.6) is 0 Å². The molecule has 0 aliphatic rings. The summed E-state index contributed by atoms with van der Waals surface area (Å²) in [5.41, 5.74) is 0. The summed E-state index contributed by atoms with van der Waals surface area (Å²) in [7, 11) is 0. The second kappa shape index (κ2) is 9.54. The largest absolute Gasteiger partial charge is 0.496 e. The number of aliphatic hydroxyl groups excluding tert-OH is 1. The number of rotatable bonds is 8. The smallest absolute Gasteiger partial charge is 0.146 e. The molecule has 4 heteroatoms. The van der Waals surface area contributed by atoms with Crippen molar-refractivity contribution in [2.45, 2.75) is 13.0 Å². The molecule has 0 bridgehead atoms. The summed E-state index contributed by atoms with van der Waals surface area (Å²) in [6.07, 6.45) is 7.78. The van der Waals surface area contributed by atoms with Crippen molar-refractivity contribution in [1.82, 2.24) is 0 Å². The highest BCUT2D eigenvalue weighted by molar-refractivity contribution is 5.67. The first-order valence-corrected chi connectivity index (χ1v) is 5.20. The summed E-state index contributed by atoms with van der Waals surface area (Å²) < 4.78 is 18.5. The van der Waals surface area contributed by atoms with E-state index in [0.29, 0.717) is 0 Å². The van der Waals surface area contributed by atoms with Gasteiger partial charge in [-0.05, 0) is 6.92 Å². The second-order valence-electron chi connectivity index (χ2n) is 3.31. The summed E-state index contributed by atoms with van der Waals surface area (Å²) in [6.45, 7) is 8.51. The van der Waals surface area contributed by atoms with Gasteiger partial charge < -0.3 is 9.84 Å². The zero-order chi connectivity index (χ0) is 13.1. The monoisotopic (exact) mass is 239 g/mol. The van der Waals surface area contributed by atoms with Crippen LogP contribution in [0.1, 0.15) is 6.92 Å². The molecule has 94 valence electrons. The standard InChI is InChI=1S/C13H18FNO2/c1-4-6-7-12(8-15-5-2)13(14)10-17-9-11(3)16/h4-8,10-12,16H,1-2,9H2,3H3/b7-6?,13-10-,15-8?. The Labute approximate surface area is 101 Å². The number of hydrogen-bond acceptors (Lipinski definition) is 3. The lowest BCUT2D eigenvalue weighted by molar-refractivity contribution is 0.0948. The van der Waals surface area contributed by atoms with Crippen LogP contribution in [0.2, 0.25) is 0 Å². The maximum Gasteiger partial charge on any atom is 0.146 e. The number of nitrogens with zero attached hydrogens (tertiary/aromatic N) is 1. The lowest BCUT2D eigenvalue weighted by Crippen LogP contribution is -2.08. The van der Waals surface area contributed by atoms with Gasteiger partial charge in [0.15, 0.2) is 0 Å². The molecule has 0 saturated heterocycles. The van der Waals surface area contributed by atoms with E-state index in [1.807, 2.05) is 0 Å². The average molecular weight is 239 g/mol. The van der Waals surface area contributed by atoms with Gasteiger partial charge in [-0.3, -0.25) is 4.99 Å². The zero-order valence-corrected chi connectivity index (χ0v) is 9.92. The molecule has 0 aliphatic heterocycles. The molecule has 0 radical (unpaired) electrons. The minimum absolute atomic E-state index is 0.0455. The van der Waals surface area contributed by atoms with Crippen LogP contribution in [0.4, 0.5) is 4.39 Å². The number of aliphatic imine (C=N–C) groups is 1. The molecular weight excluding hydrogens is 221 g/mol. The van der Waals surface area contributed by atoms with Gasteiger partial charge in [0, 0.05) is 12.4 Å². The Kier molecular flexibility index (Phi) is 8.60. The highest BCUT2D eigenvalue weighted by Gasteiger charge is 2.08. The van der Waals surface area contributed by atoms with Gasteiger partial charge in [0.05, 0.1) is 12.0 Å². The highest BCUT2D eigenvalue weighted by atomic mass is 19.1. The maximum absolute atomic E-state index is 13.6. The maximum atomic E-state index is 13.6. The van der Waals surface area contributed by atoms with Crippen molar-refractivity contribution in [3.63, 3.8) is 0 Å². The van der Waals surface area contributed by atoms with Crippen LogP contribution in [-0.4, -0.2) is 24.0 Å². The Hall–Kier alpha value is -1.68. The minimum Gasteiger partial charge on any atom is -0.496 e. The second-order valence-corrected chi connectivity index (χ2v) is 3.31. The number of halogens is 1. The lowest BCUT2D eigenvalue weighted by atomic mass is 10.1. The van der Waals surface area contributed by atoms with Crippen molar-refractivity contribution >= 4 is 6.21 Å². The van der Waals surface area contributed by atoms with Gasteiger partial charge in [-0.2, -0.15) is 0 Å². The van der Waals surface area contributed by atoms with Crippen LogP contribution in [0, 0.1) is 5.92 Å². The van der Waals surface area contributed by atoms with E-state index in [4.69, 9.17) is 9.84 Å². The molecule has 0 amide bonds. The molecule has 1 N–H and O–H groups in total. The number of hydrogen-bond donors (Lipinski definition) is 1. The molecule has 0 rings (SSSR count). The molecule has 2 unspecified atom stereocenters. The predicted octanol–water partition coefficient (Wildman–Crippen LogP) is 2.77. The number of ether oxygens (including phenoxy) is 1. The van der Waals surface area contributed by atoms with Crippen LogP contribution in [0.15, 0.2) is 54.7 Å². The van der Waals surface area contributed by atoms with Gasteiger partial charge in [0.25, 0.3) is 0 Å². The highest BCUT2D eigenvalue weighted by Crippen LogP contribution is 2.13. The molecule has 0 fully saturated rings. The van der Waals surface area contributed by atoms with Gasteiger partial charge in [-0.25, -0.2) is 4.39 Å². The SMILES string of the molecule is C=CC=CC(C=NC=C)/C(F)=C/OCC(C)O. The van der Waals surface area contributed by atoms with Crippen LogP contribution in [-0.2, 0) is 4.74 Å². The van der Waals surface area contributed by atoms with Gasteiger partial charge in [-0.15, -0.1) is 0 Å². The summed E-state index contributed by atoms with van der Waals surface area (Å²) in [6, 6.07) is 0. The molecule has 0 spiro atoms. The fourth-order valence-electron chi connectivity index (χ4n) is 0.910. The molecule has 17 heavy (non-hydrogen) atoms. The summed E-state index contributed by atoms with van der Waals surface area (Å²) in [5.74, 6) is -1.13. The fourth-order valence-corrected chi connectivity index (χ4v) is 0.910. The van der Waals surface area contributed by atoms with Crippen LogP contribution in [0.3, 0.4) is 0 Å². The molecule has 0 aromatic rings. The van der Waals surface area contributed by atoms with E-state index in [1.54, 1.807) is 25.2 Å². The number of allylic oxidation sites excluding steroid dienone is 4. The van der Waals surface area contributed by atoms with Crippen LogP contribution in [0.25, 0.3) is 0 Å². The lowest BCUT2D eigenvalue weighted by Gasteiger charge is -2.06. The number of aliphatic hydroxyl groups is 1. The van der Waals surface area contributed by atoms with E-state index >= 15 is 0 Å².